The first-order valence-corrected chi connectivity index (χ1v) is 10.8. The number of halogens is 1. The second-order valence-electron chi connectivity index (χ2n) is 7.73. The third-order valence-corrected chi connectivity index (χ3v) is 5.80. The number of esters is 1. The number of rotatable bonds is 8. The molecule has 0 aliphatic carbocycles. The van der Waals surface area contributed by atoms with Crippen molar-refractivity contribution < 1.29 is 19.4 Å². The molecule has 164 valence electrons. The first-order chi connectivity index (χ1) is 15.0. The van der Waals surface area contributed by atoms with Gasteiger partial charge in [-0.05, 0) is 36.2 Å². The van der Waals surface area contributed by atoms with Crippen molar-refractivity contribution in [2.24, 2.45) is 0 Å². The van der Waals surface area contributed by atoms with Gasteiger partial charge in [0.05, 0.1) is 37.3 Å². The summed E-state index contributed by atoms with van der Waals surface area (Å²) in [6.45, 7) is 2.19. The standard InChI is InChI=1S/C23H26ClN3O4/c1-30-23(29)21-13-18(28)15-26(21)11-4-12-31-22-19-5-2-3-6-20(19)27(25-22)14-16-7-9-17(24)10-8-16/h2-3,5-10,18,21,28H,4,11-15H2,1H3/t18?,21-/m0/s1. The number of benzene rings is 2. The maximum atomic E-state index is 11.9. The summed E-state index contributed by atoms with van der Waals surface area (Å²) in [5, 5.41) is 16.2. The van der Waals surface area contributed by atoms with Crippen molar-refractivity contribution in [2.75, 3.05) is 26.8 Å². The highest BCUT2D eigenvalue weighted by Crippen LogP contribution is 2.26. The van der Waals surface area contributed by atoms with Crippen LogP contribution in [0.1, 0.15) is 18.4 Å². The van der Waals surface area contributed by atoms with E-state index in [-0.39, 0.29) is 12.0 Å². The highest BCUT2D eigenvalue weighted by Gasteiger charge is 2.36. The molecule has 2 aromatic carbocycles. The molecule has 1 aromatic heterocycles. The molecule has 2 atom stereocenters. The maximum Gasteiger partial charge on any atom is 0.323 e. The zero-order valence-electron chi connectivity index (χ0n) is 17.4. The molecule has 1 aliphatic rings. The lowest BCUT2D eigenvalue weighted by molar-refractivity contribution is -0.145. The molecular formula is C23H26ClN3O4. The van der Waals surface area contributed by atoms with Crippen LogP contribution in [0.25, 0.3) is 10.9 Å². The molecule has 1 aliphatic heterocycles. The summed E-state index contributed by atoms with van der Waals surface area (Å²) in [7, 11) is 1.37. The molecule has 0 amide bonds. The van der Waals surface area contributed by atoms with E-state index in [1.165, 1.54) is 7.11 Å². The van der Waals surface area contributed by atoms with Crippen LogP contribution in [-0.2, 0) is 16.1 Å². The third-order valence-electron chi connectivity index (χ3n) is 5.55. The number of ether oxygens (including phenoxy) is 2. The number of carbonyl (C=O) groups excluding carboxylic acids is 1. The highest BCUT2D eigenvalue weighted by atomic mass is 35.5. The largest absolute Gasteiger partial charge is 0.476 e. The van der Waals surface area contributed by atoms with E-state index in [4.69, 9.17) is 21.1 Å². The molecule has 1 fully saturated rings. The lowest BCUT2D eigenvalue weighted by Gasteiger charge is -2.21. The first kappa shape index (κ1) is 21.6. The van der Waals surface area contributed by atoms with Crippen molar-refractivity contribution in [2.45, 2.75) is 31.5 Å². The Morgan fingerprint density at radius 3 is 2.77 bits per heavy atom. The van der Waals surface area contributed by atoms with Gasteiger partial charge in [-0.1, -0.05) is 35.9 Å². The Kier molecular flexibility index (Phi) is 6.75. The lowest BCUT2D eigenvalue weighted by Crippen LogP contribution is -2.37. The van der Waals surface area contributed by atoms with Crippen LogP contribution in [0.3, 0.4) is 0 Å². The Morgan fingerprint density at radius 1 is 1.23 bits per heavy atom. The quantitative estimate of drug-likeness (QED) is 0.426. The molecular weight excluding hydrogens is 418 g/mol. The topological polar surface area (TPSA) is 76.8 Å². The van der Waals surface area contributed by atoms with Gasteiger partial charge >= 0.3 is 5.97 Å². The van der Waals surface area contributed by atoms with Gasteiger partial charge in [-0.3, -0.25) is 14.4 Å². The molecule has 4 rings (SSSR count). The molecule has 1 unspecified atom stereocenters. The van der Waals surface area contributed by atoms with Crippen LogP contribution >= 0.6 is 11.6 Å². The van der Waals surface area contributed by atoms with Crippen LogP contribution in [0.15, 0.2) is 48.5 Å². The molecule has 31 heavy (non-hydrogen) atoms. The van der Waals surface area contributed by atoms with Gasteiger partial charge < -0.3 is 14.6 Å². The highest BCUT2D eigenvalue weighted by molar-refractivity contribution is 6.30. The van der Waals surface area contributed by atoms with Crippen LogP contribution in [0.2, 0.25) is 5.02 Å². The number of aromatic nitrogens is 2. The fraction of sp³-hybridized carbons (Fsp3) is 0.391. The minimum atomic E-state index is -0.502. The fourth-order valence-corrected chi connectivity index (χ4v) is 4.16. The predicted octanol–water partition coefficient (Wildman–Crippen LogP) is 3.12. The van der Waals surface area contributed by atoms with Crippen molar-refractivity contribution in [3.8, 4) is 5.88 Å². The van der Waals surface area contributed by atoms with Gasteiger partial charge in [0.1, 0.15) is 6.04 Å². The molecule has 2 heterocycles. The van der Waals surface area contributed by atoms with Crippen LogP contribution in [0.4, 0.5) is 0 Å². The van der Waals surface area contributed by atoms with E-state index in [0.717, 1.165) is 16.5 Å². The summed E-state index contributed by atoms with van der Waals surface area (Å²) in [4.78, 5) is 13.9. The van der Waals surface area contributed by atoms with E-state index in [2.05, 4.69) is 5.10 Å². The smallest absolute Gasteiger partial charge is 0.323 e. The van der Waals surface area contributed by atoms with E-state index in [1.54, 1.807) is 0 Å². The van der Waals surface area contributed by atoms with Crippen molar-refractivity contribution in [1.29, 1.82) is 0 Å². The number of fused-ring (bicyclic) bond motifs is 1. The number of nitrogens with zero attached hydrogens (tertiary/aromatic N) is 3. The van der Waals surface area contributed by atoms with Crippen molar-refractivity contribution in [3.05, 3.63) is 59.1 Å². The molecule has 0 saturated carbocycles. The van der Waals surface area contributed by atoms with Crippen molar-refractivity contribution in [1.82, 2.24) is 14.7 Å². The van der Waals surface area contributed by atoms with E-state index in [0.29, 0.717) is 50.0 Å². The molecule has 7 nitrogen and oxygen atoms in total. The molecule has 0 radical (unpaired) electrons. The van der Waals surface area contributed by atoms with Crippen molar-refractivity contribution in [3.63, 3.8) is 0 Å². The molecule has 1 N–H and O–H groups in total. The summed E-state index contributed by atoms with van der Waals surface area (Å²) >= 11 is 5.99. The first-order valence-electron chi connectivity index (χ1n) is 10.4. The minimum absolute atomic E-state index is 0.301. The predicted molar refractivity (Wildman–Crippen MR) is 118 cm³/mol. The van der Waals surface area contributed by atoms with Crippen LogP contribution < -0.4 is 4.74 Å². The number of para-hydroxylation sites is 1. The van der Waals surface area contributed by atoms with Gasteiger partial charge in [0.2, 0.25) is 5.88 Å². The molecule has 3 aromatic rings. The monoisotopic (exact) mass is 443 g/mol. The number of β-amino-alcohol motifs (C(OH)–C–C–N with tert-alkyl or cyclic N) is 1. The zero-order chi connectivity index (χ0) is 21.8. The van der Waals surface area contributed by atoms with Gasteiger partial charge in [-0.25, -0.2) is 0 Å². The van der Waals surface area contributed by atoms with Gasteiger partial charge in [0, 0.05) is 24.5 Å². The van der Waals surface area contributed by atoms with Gasteiger partial charge in [-0.15, -0.1) is 5.10 Å². The minimum Gasteiger partial charge on any atom is -0.476 e. The van der Waals surface area contributed by atoms with Crippen LogP contribution in [-0.4, -0.2) is 64.7 Å². The number of aliphatic hydroxyl groups is 1. The second-order valence-corrected chi connectivity index (χ2v) is 8.17. The number of hydrogen-bond donors (Lipinski definition) is 1. The zero-order valence-corrected chi connectivity index (χ0v) is 18.2. The molecule has 8 heteroatoms. The number of aliphatic hydroxyl groups excluding tert-OH is 1. The van der Waals surface area contributed by atoms with Crippen LogP contribution in [0.5, 0.6) is 5.88 Å². The molecule has 0 bridgehead atoms. The number of methoxy groups -OCH3 is 1. The Balaban J connectivity index is 1.40. The second kappa shape index (κ2) is 9.68. The van der Waals surface area contributed by atoms with Gasteiger partial charge in [0.25, 0.3) is 0 Å². The van der Waals surface area contributed by atoms with Gasteiger partial charge in [0.15, 0.2) is 0 Å². The van der Waals surface area contributed by atoms with Crippen LogP contribution in [0, 0.1) is 0 Å². The van der Waals surface area contributed by atoms with E-state index >= 15 is 0 Å². The average Bonchev–Trinajstić information content (AvgIpc) is 3.32. The summed E-state index contributed by atoms with van der Waals surface area (Å²) in [6, 6.07) is 15.3. The number of carbonyl (C=O) groups is 1. The fourth-order valence-electron chi connectivity index (χ4n) is 4.03. The van der Waals surface area contributed by atoms with E-state index in [9.17, 15) is 9.90 Å². The average molecular weight is 444 g/mol. The number of likely N-dealkylation sites (tertiary alicyclic amines) is 1. The Hall–Kier alpha value is -2.61. The lowest BCUT2D eigenvalue weighted by atomic mass is 10.2. The maximum absolute atomic E-state index is 11.9. The summed E-state index contributed by atoms with van der Waals surface area (Å²) in [6.07, 6.45) is 0.615. The Labute approximate surface area is 186 Å². The Bertz CT molecular complexity index is 1040. The van der Waals surface area contributed by atoms with E-state index < -0.39 is 6.10 Å². The van der Waals surface area contributed by atoms with E-state index in [1.807, 2.05) is 58.1 Å². The SMILES string of the molecule is COC(=O)[C@@H]1CC(O)CN1CCCOc1nn(Cc2ccc(Cl)cc2)c2ccccc12. The normalized spacial score (nSPS) is 19.1. The Morgan fingerprint density at radius 2 is 2.00 bits per heavy atom. The summed E-state index contributed by atoms with van der Waals surface area (Å²) in [5.74, 6) is 0.292. The third kappa shape index (κ3) is 5.01. The van der Waals surface area contributed by atoms with Gasteiger partial charge in [-0.2, -0.15) is 0 Å². The summed E-state index contributed by atoms with van der Waals surface area (Å²) in [5.41, 5.74) is 2.10. The summed E-state index contributed by atoms with van der Waals surface area (Å²) < 4.78 is 12.8. The molecule has 1 saturated heterocycles. The molecule has 0 spiro atoms. The number of hydrogen-bond acceptors (Lipinski definition) is 6. The van der Waals surface area contributed by atoms with Crippen molar-refractivity contribution >= 4 is 28.5 Å².